The number of para-hydroxylation sites is 1. The highest BCUT2D eigenvalue weighted by Gasteiger charge is 2.40. The largest absolute Gasteiger partial charge is 0.364 e. The van der Waals surface area contributed by atoms with Crippen molar-refractivity contribution in [2.75, 3.05) is 13.2 Å². The summed E-state index contributed by atoms with van der Waals surface area (Å²) in [6, 6.07) is 4.08. The number of nitrogens with two attached hydrogens (primary N) is 1. The third kappa shape index (κ3) is 4.75. The molecule has 0 bridgehead atoms. The summed E-state index contributed by atoms with van der Waals surface area (Å²) in [6.07, 6.45) is 2.78. The predicted molar refractivity (Wildman–Crippen MR) is 106 cm³/mol. The molecular weight excluding hydrogens is 400 g/mol. The van der Waals surface area contributed by atoms with Gasteiger partial charge in [-0.1, -0.05) is 36.5 Å². The Bertz CT molecular complexity index is 984. The molecule has 0 aromatic heterocycles. The second-order valence-corrected chi connectivity index (χ2v) is 8.22. The van der Waals surface area contributed by atoms with E-state index in [1.54, 1.807) is 0 Å². The second-order valence-electron chi connectivity index (χ2n) is 6.47. The molecule has 2 N–H and O–H groups in total. The first-order valence-electron chi connectivity index (χ1n) is 8.68. The highest BCUT2D eigenvalue weighted by atomic mass is 32.2. The Kier molecular flexibility index (Phi) is 7.01. The van der Waals surface area contributed by atoms with Crippen LogP contribution in [0.4, 0.5) is 5.69 Å². The van der Waals surface area contributed by atoms with E-state index in [-0.39, 0.29) is 24.8 Å². The van der Waals surface area contributed by atoms with E-state index in [9.17, 15) is 23.3 Å². The van der Waals surface area contributed by atoms with Gasteiger partial charge in [-0.3, -0.25) is 24.7 Å². The number of hydrogen-bond donors (Lipinski definition) is 1. The van der Waals surface area contributed by atoms with Crippen LogP contribution < -0.4 is 5.73 Å². The molecule has 0 saturated heterocycles. The summed E-state index contributed by atoms with van der Waals surface area (Å²) in [5.41, 5.74) is 5.29. The molecule has 0 radical (unpaired) electrons. The molecule has 0 fully saturated rings. The van der Waals surface area contributed by atoms with Crippen LogP contribution in [0.2, 0.25) is 0 Å². The maximum atomic E-state index is 13.3. The molecule has 1 heterocycles. The van der Waals surface area contributed by atoms with E-state index in [1.807, 2.05) is 13.8 Å². The summed E-state index contributed by atoms with van der Waals surface area (Å²) in [5.74, 6) is -0.914. The van der Waals surface area contributed by atoms with Crippen LogP contribution >= 0.6 is 0 Å². The Morgan fingerprint density at radius 2 is 2.14 bits per heavy atom. The summed E-state index contributed by atoms with van der Waals surface area (Å²) in [5, 5.41) is 11.4. The minimum atomic E-state index is -4.46. The highest BCUT2D eigenvalue weighted by molar-refractivity contribution is 7.89. The van der Waals surface area contributed by atoms with Crippen LogP contribution in [0, 0.1) is 16.0 Å². The zero-order valence-electron chi connectivity index (χ0n) is 16.0. The molecule has 1 aliphatic rings. The fourth-order valence-electron chi connectivity index (χ4n) is 2.85. The van der Waals surface area contributed by atoms with Gasteiger partial charge in [-0.15, -0.1) is 6.58 Å². The van der Waals surface area contributed by atoms with Crippen molar-refractivity contribution < 1.29 is 23.0 Å². The number of hydroxylamine groups is 1. The number of sulfonamides is 1. The van der Waals surface area contributed by atoms with E-state index in [1.165, 1.54) is 24.3 Å². The van der Waals surface area contributed by atoms with Crippen LogP contribution in [-0.4, -0.2) is 48.6 Å². The van der Waals surface area contributed by atoms with Crippen molar-refractivity contribution in [2.24, 2.45) is 16.6 Å². The molecule has 0 spiro atoms. The number of amides is 1. The second kappa shape index (κ2) is 9.07. The zero-order chi connectivity index (χ0) is 21.8. The molecule has 29 heavy (non-hydrogen) atoms. The van der Waals surface area contributed by atoms with Gasteiger partial charge < -0.3 is 5.73 Å². The number of hydrogen-bond acceptors (Lipinski definition) is 7. The number of nitro benzene ring substituents is 1. The van der Waals surface area contributed by atoms with Crippen molar-refractivity contribution in [1.29, 1.82) is 0 Å². The summed E-state index contributed by atoms with van der Waals surface area (Å²) in [6.45, 7) is 6.85. The Balaban J connectivity index is 2.60. The predicted octanol–water partition coefficient (Wildman–Crippen LogP) is 1.59. The van der Waals surface area contributed by atoms with Gasteiger partial charge in [0, 0.05) is 6.07 Å². The number of carbonyl (C=O) groups excluding carboxylic acids is 1. The average Bonchev–Trinajstić information content (AvgIpc) is 2.67. The first-order chi connectivity index (χ1) is 13.6. The normalized spacial score (nSPS) is 17.0. The van der Waals surface area contributed by atoms with Crippen LogP contribution in [0.15, 0.2) is 58.5 Å². The Labute approximate surface area is 168 Å². The van der Waals surface area contributed by atoms with Crippen LogP contribution in [0.3, 0.4) is 0 Å². The quantitative estimate of drug-likeness (QED) is 0.363. The monoisotopic (exact) mass is 422 g/mol. The standard InChI is InChI=1S/C18H22N4O6S/c1-4-9-28-22(16-11-20-14(18(19)23)10-13(16)12(2)3)29(26,27)17-8-6-5-7-15(17)21(24)25/h4-8,10,12,16H,1,9,11H2,2-3H3,(H2,19,23). The van der Waals surface area contributed by atoms with Gasteiger partial charge in [0.25, 0.3) is 21.6 Å². The van der Waals surface area contributed by atoms with Crippen LogP contribution in [0.5, 0.6) is 0 Å². The van der Waals surface area contributed by atoms with Crippen molar-refractivity contribution in [1.82, 2.24) is 4.47 Å². The van der Waals surface area contributed by atoms with Crippen LogP contribution in [0.25, 0.3) is 0 Å². The minimum absolute atomic E-state index is 0.0247. The molecule has 10 nitrogen and oxygen atoms in total. The van der Waals surface area contributed by atoms with Gasteiger partial charge in [-0.2, -0.15) is 0 Å². The molecule has 11 heteroatoms. The van der Waals surface area contributed by atoms with Crippen LogP contribution in [-0.2, 0) is 19.7 Å². The molecule has 0 aliphatic carbocycles. The lowest BCUT2D eigenvalue weighted by molar-refractivity contribution is -0.387. The molecule has 1 aliphatic heterocycles. The van der Waals surface area contributed by atoms with Gasteiger partial charge in [0.05, 0.1) is 24.1 Å². The molecule has 1 aromatic rings. The SMILES string of the molecule is C=CCON(C1CN=C(C(N)=O)C=C1C(C)C)S(=O)(=O)c1ccccc1[N+](=O)[O-]. The molecule has 156 valence electrons. The highest BCUT2D eigenvalue weighted by Crippen LogP contribution is 2.32. The summed E-state index contributed by atoms with van der Waals surface area (Å²) in [4.78, 5) is 31.1. The van der Waals surface area contributed by atoms with Crippen molar-refractivity contribution in [3.8, 4) is 0 Å². The Morgan fingerprint density at radius 1 is 1.48 bits per heavy atom. The number of nitrogens with zero attached hydrogens (tertiary/aromatic N) is 3. The topological polar surface area (TPSA) is 145 Å². The number of benzene rings is 1. The van der Waals surface area contributed by atoms with Crippen molar-refractivity contribution in [2.45, 2.75) is 24.8 Å². The van der Waals surface area contributed by atoms with E-state index in [0.717, 1.165) is 12.1 Å². The molecular formula is C18H22N4O6S. The molecule has 1 amide bonds. The van der Waals surface area contributed by atoms with Crippen molar-refractivity contribution >= 4 is 27.3 Å². The van der Waals surface area contributed by atoms with Crippen molar-refractivity contribution in [3.63, 3.8) is 0 Å². The number of dihydropyridines is 1. The van der Waals surface area contributed by atoms with Gasteiger partial charge in [0.2, 0.25) is 0 Å². The molecule has 1 aromatic carbocycles. The summed E-state index contributed by atoms with van der Waals surface area (Å²) >= 11 is 0. The van der Waals surface area contributed by atoms with Gasteiger partial charge in [-0.05, 0) is 23.6 Å². The lowest BCUT2D eigenvalue weighted by Crippen LogP contribution is -2.46. The number of nitro groups is 1. The molecule has 0 saturated carbocycles. The van der Waals surface area contributed by atoms with E-state index < -0.39 is 37.5 Å². The summed E-state index contributed by atoms with van der Waals surface area (Å²) < 4.78 is 27.4. The maximum Gasteiger partial charge on any atom is 0.289 e. The number of primary amides is 1. The van der Waals surface area contributed by atoms with E-state index in [0.29, 0.717) is 10.0 Å². The fraction of sp³-hybridized carbons (Fsp3) is 0.333. The number of aliphatic imine (C=N–C) groups is 1. The average molecular weight is 422 g/mol. The lowest BCUT2D eigenvalue weighted by Gasteiger charge is -2.33. The number of carbonyl (C=O) groups is 1. The van der Waals surface area contributed by atoms with E-state index >= 15 is 0 Å². The zero-order valence-corrected chi connectivity index (χ0v) is 16.8. The molecule has 1 atom stereocenters. The fourth-order valence-corrected chi connectivity index (χ4v) is 4.43. The Morgan fingerprint density at radius 3 is 2.69 bits per heavy atom. The smallest absolute Gasteiger partial charge is 0.289 e. The van der Waals surface area contributed by atoms with Crippen molar-refractivity contribution in [3.05, 3.63) is 58.7 Å². The van der Waals surface area contributed by atoms with Gasteiger partial charge in [0.1, 0.15) is 5.71 Å². The third-order valence-corrected chi connectivity index (χ3v) is 5.93. The Hall–Kier alpha value is -2.89. The first-order valence-corrected chi connectivity index (χ1v) is 10.1. The van der Waals surface area contributed by atoms with Gasteiger partial charge in [0.15, 0.2) is 4.90 Å². The maximum absolute atomic E-state index is 13.3. The third-order valence-electron chi connectivity index (χ3n) is 4.19. The summed E-state index contributed by atoms with van der Waals surface area (Å²) in [7, 11) is -4.46. The van der Waals surface area contributed by atoms with Crippen LogP contribution in [0.1, 0.15) is 13.8 Å². The molecule has 1 unspecified atom stereocenters. The minimum Gasteiger partial charge on any atom is -0.364 e. The van der Waals surface area contributed by atoms with E-state index in [4.69, 9.17) is 10.6 Å². The van der Waals surface area contributed by atoms with Gasteiger partial charge in [-0.25, -0.2) is 8.42 Å². The molecule has 2 rings (SSSR count). The van der Waals surface area contributed by atoms with E-state index in [2.05, 4.69) is 11.6 Å². The van der Waals surface area contributed by atoms with Gasteiger partial charge >= 0.3 is 0 Å². The first kappa shape index (κ1) is 22.4. The number of rotatable bonds is 9. The lowest BCUT2D eigenvalue weighted by atomic mass is 9.92.